The summed E-state index contributed by atoms with van der Waals surface area (Å²) in [6.45, 7) is 2.39. The second-order valence-corrected chi connectivity index (χ2v) is 11.7. The van der Waals surface area contributed by atoms with Gasteiger partial charge in [-0.3, -0.25) is 14.6 Å². The molecule has 0 amide bonds. The molecule has 0 saturated carbocycles. The van der Waals surface area contributed by atoms with E-state index in [1.165, 1.54) is 0 Å². The molecule has 0 bridgehead atoms. The Balaban J connectivity index is 1.35. The number of methoxy groups -OCH3 is 2. The van der Waals surface area contributed by atoms with Crippen LogP contribution in [0.25, 0.3) is 0 Å². The summed E-state index contributed by atoms with van der Waals surface area (Å²) < 4.78 is 23.0. The summed E-state index contributed by atoms with van der Waals surface area (Å²) in [6.07, 6.45) is 0.843. The smallest absolute Gasteiger partial charge is 0.315 e. The van der Waals surface area contributed by atoms with Gasteiger partial charge < -0.3 is 18.9 Å². The van der Waals surface area contributed by atoms with Gasteiger partial charge in [0.1, 0.15) is 24.9 Å². The summed E-state index contributed by atoms with van der Waals surface area (Å²) in [4.78, 5) is 32.9. The maximum Gasteiger partial charge on any atom is 0.315 e. The van der Waals surface area contributed by atoms with Gasteiger partial charge in [-0.05, 0) is 65.8 Å². The lowest BCUT2D eigenvalue weighted by Crippen LogP contribution is -2.38. The fourth-order valence-corrected chi connectivity index (χ4v) is 6.42. The van der Waals surface area contributed by atoms with Gasteiger partial charge in [0.25, 0.3) is 0 Å². The van der Waals surface area contributed by atoms with Crippen molar-refractivity contribution in [2.75, 3.05) is 14.2 Å². The van der Waals surface area contributed by atoms with Crippen LogP contribution < -0.4 is 14.2 Å². The quantitative estimate of drug-likeness (QED) is 0.171. The highest BCUT2D eigenvalue weighted by molar-refractivity contribution is 6.09. The van der Waals surface area contributed by atoms with E-state index in [0.29, 0.717) is 47.3 Å². The molecule has 0 radical (unpaired) electrons. The Morgan fingerprint density at radius 1 is 0.761 bits per heavy atom. The minimum absolute atomic E-state index is 0.0289. The maximum absolute atomic E-state index is 14.2. The minimum Gasteiger partial charge on any atom is -0.493 e. The van der Waals surface area contributed by atoms with E-state index in [2.05, 4.69) is 0 Å². The Hall–Kier alpha value is -5.17. The summed E-state index contributed by atoms with van der Waals surface area (Å²) in [5.74, 6) is 0.0548. The molecule has 6 rings (SSSR count). The molecule has 4 aromatic carbocycles. The van der Waals surface area contributed by atoms with E-state index in [9.17, 15) is 9.59 Å². The van der Waals surface area contributed by atoms with E-state index >= 15 is 0 Å². The number of Topliss-reactive ketones (excluding diaryl/α,β-unsaturated/α-hetero) is 1. The highest BCUT2D eigenvalue weighted by Gasteiger charge is 2.45. The summed E-state index contributed by atoms with van der Waals surface area (Å²) in [6, 6.07) is 33.0. The Labute approximate surface area is 269 Å². The first-order valence-electron chi connectivity index (χ1n) is 15.5. The lowest BCUT2D eigenvalue weighted by molar-refractivity contribution is -0.148. The fourth-order valence-electron chi connectivity index (χ4n) is 6.42. The zero-order valence-electron chi connectivity index (χ0n) is 26.3. The van der Waals surface area contributed by atoms with Crippen molar-refractivity contribution in [1.82, 2.24) is 0 Å². The van der Waals surface area contributed by atoms with Gasteiger partial charge in [-0.1, -0.05) is 78.9 Å². The van der Waals surface area contributed by atoms with E-state index in [4.69, 9.17) is 23.9 Å². The largest absolute Gasteiger partial charge is 0.493 e. The number of benzene rings is 4. The molecule has 0 aromatic heterocycles. The van der Waals surface area contributed by atoms with Crippen LogP contribution in [0.3, 0.4) is 0 Å². The first-order chi connectivity index (χ1) is 22.4. The second-order valence-electron chi connectivity index (χ2n) is 11.7. The first-order valence-corrected chi connectivity index (χ1v) is 15.5. The van der Waals surface area contributed by atoms with Gasteiger partial charge in [-0.2, -0.15) is 0 Å². The molecule has 234 valence electrons. The molecule has 4 aromatic rings. The predicted molar refractivity (Wildman–Crippen MR) is 176 cm³/mol. The molecular formula is C39H37NO6. The van der Waals surface area contributed by atoms with Gasteiger partial charge in [0, 0.05) is 29.3 Å². The van der Waals surface area contributed by atoms with Crippen LogP contribution in [0.15, 0.2) is 119 Å². The van der Waals surface area contributed by atoms with E-state index < -0.39 is 17.8 Å². The Bertz CT molecular complexity index is 1780. The van der Waals surface area contributed by atoms with Crippen molar-refractivity contribution in [3.05, 3.63) is 137 Å². The van der Waals surface area contributed by atoms with Gasteiger partial charge in [-0.15, -0.1) is 0 Å². The Kier molecular flexibility index (Phi) is 9.29. The van der Waals surface area contributed by atoms with E-state index in [1.54, 1.807) is 14.2 Å². The summed E-state index contributed by atoms with van der Waals surface area (Å²) in [7, 11) is 3.20. The topological polar surface area (TPSA) is 83.4 Å². The zero-order chi connectivity index (χ0) is 32.0. The van der Waals surface area contributed by atoms with Crippen LogP contribution >= 0.6 is 0 Å². The number of nitrogens with zero attached hydrogens (tertiary/aromatic N) is 1. The minimum atomic E-state index is -0.756. The highest BCUT2D eigenvalue weighted by Crippen LogP contribution is 2.48. The molecule has 0 saturated heterocycles. The molecule has 46 heavy (non-hydrogen) atoms. The Morgan fingerprint density at radius 2 is 1.46 bits per heavy atom. The summed E-state index contributed by atoms with van der Waals surface area (Å²) in [5, 5.41) is 0. The number of aliphatic imine (C=N–C) groups is 1. The van der Waals surface area contributed by atoms with Gasteiger partial charge in [0.15, 0.2) is 17.3 Å². The van der Waals surface area contributed by atoms with Crippen LogP contribution in [0.2, 0.25) is 0 Å². The number of ether oxygens (including phenoxy) is 4. The van der Waals surface area contributed by atoms with Crippen molar-refractivity contribution >= 4 is 17.5 Å². The third-order valence-corrected chi connectivity index (χ3v) is 8.71. The molecule has 0 fully saturated rings. The number of rotatable bonds is 10. The molecule has 1 aliphatic heterocycles. The standard InChI is InChI=1S/C39H37NO6/c1-25-36(39(42)46-24-27-13-8-5-9-14-27)37(29-15-10-16-31(19-29)45-23-26-11-6-4-7-12-26)38-32(40-25)20-30(21-33(38)41)28-17-18-34(43-2)35(22-28)44-3/h4-19,22,30,36-37H,20-21,23-24H2,1-3H3/t30-,36?,37+/m0/s1. The van der Waals surface area contributed by atoms with E-state index in [0.717, 1.165) is 22.3 Å². The van der Waals surface area contributed by atoms with Gasteiger partial charge >= 0.3 is 5.97 Å². The molecule has 7 heteroatoms. The molecule has 1 unspecified atom stereocenters. The lowest BCUT2D eigenvalue weighted by atomic mass is 9.69. The van der Waals surface area contributed by atoms with Crippen LogP contribution in [0.5, 0.6) is 17.2 Å². The molecule has 0 spiro atoms. The van der Waals surface area contributed by atoms with Gasteiger partial charge in [-0.25, -0.2) is 0 Å². The average molecular weight is 616 g/mol. The van der Waals surface area contributed by atoms with Crippen molar-refractivity contribution in [3.63, 3.8) is 0 Å². The van der Waals surface area contributed by atoms with Crippen molar-refractivity contribution in [2.45, 2.75) is 44.8 Å². The number of hydrogen-bond donors (Lipinski definition) is 0. The second kappa shape index (κ2) is 13.9. The zero-order valence-corrected chi connectivity index (χ0v) is 26.3. The average Bonchev–Trinajstić information content (AvgIpc) is 3.09. The molecule has 7 nitrogen and oxygen atoms in total. The number of hydrogen-bond acceptors (Lipinski definition) is 7. The van der Waals surface area contributed by atoms with Crippen molar-refractivity contribution in [3.8, 4) is 17.2 Å². The van der Waals surface area contributed by atoms with Gasteiger partial charge in [0.05, 0.1) is 14.2 Å². The number of ketones is 1. The van der Waals surface area contributed by atoms with E-state index in [-0.39, 0.29) is 24.7 Å². The number of esters is 1. The van der Waals surface area contributed by atoms with E-state index in [1.807, 2.05) is 110 Å². The fraction of sp³-hybridized carbons (Fsp3) is 0.256. The van der Waals surface area contributed by atoms with Crippen LogP contribution in [0, 0.1) is 5.92 Å². The van der Waals surface area contributed by atoms with Crippen molar-refractivity contribution in [1.29, 1.82) is 0 Å². The van der Waals surface area contributed by atoms with Crippen molar-refractivity contribution < 1.29 is 28.5 Å². The molecule has 3 atom stereocenters. The highest BCUT2D eigenvalue weighted by atomic mass is 16.5. The summed E-state index contributed by atoms with van der Waals surface area (Å²) >= 11 is 0. The predicted octanol–water partition coefficient (Wildman–Crippen LogP) is 7.60. The van der Waals surface area contributed by atoms with Crippen LogP contribution in [-0.4, -0.2) is 31.7 Å². The summed E-state index contributed by atoms with van der Waals surface area (Å²) in [5.41, 5.74) is 5.63. The van der Waals surface area contributed by atoms with Crippen LogP contribution in [-0.2, 0) is 27.5 Å². The third-order valence-electron chi connectivity index (χ3n) is 8.71. The molecule has 0 N–H and O–H groups in total. The lowest BCUT2D eigenvalue weighted by Gasteiger charge is -2.36. The van der Waals surface area contributed by atoms with Gasteiger partial charge in [0.2, 0.25) is 0 Å². The Morgan fingerprint density at radius 3 is 2.15 bits per heavy atom. The molecular weight excluding hydrogens is 578 g/mol. The first kappa shape index (κ1) is 30.8. The normalized spacial score (nSPS) is 19.2. The monoisotopic (exact) mass is 615 g/mol. The maximum atomic E-state index is 14.2. The number of carbonyl (C=O) groups excluding carboxylic acids is 2. The van der Waals surface area contributed by atoms with Crippen LogP contribution in [0.4, 0.5) is 0 Å². The number of carbonyl (C=O) groups is 2. The molecule has 1 heterocycles. The van der Waals surface area contributed by atoms with Crippen molar-refractivity contribution in [2.24, 2.45) is 10.9 Å². The molecule has 2 aliphatic rings. The molecule has 1 aliphatic carbocycles. The number of allylic oxidation sites excluding steroid dienone is 2. The third kappa shape index (κ3) is 6.59. The van der Waals surface area contributed by atoms with Crippen LogP contribution in [0.1, 0.15) is 53.9 Å². The SMILES string of the molecule is COc1ccc([C@@H]2CC(=O)C3=C(C2)N=C(C)C(C(=O)OCc2ccccc2)[C@H]3c2cccc(OCc3ccccc3)c2)cc1OC.